The standard InChI is InChI=1S/C9H4N2O4S/c10-4-9(13)7-3-6(1-2-8(7)12)16(14,15)5-11/h1-3,12H. The fourth-order valence-corrected chi connectivity index (χ4v) is 1.60. The van der Waals surface area contributed by atoms with E-state index in [0.29, 0.717) is 0 Å². The second-order valence-electron chi connectivity index (χ2n) is 2.71. The SMILES string of the molecule is N#CC(=O)c1cc(S(=O)(=O)C#N)ccc1O. The second kappa shape index (κ2) is 4.01. The minimum atomic E-state index is -4.15. The number of aromatic hydroxyl groups is 1. The number of thiocyanates is 1. The first-order valence-corrected chi connectivity index (χ1v) is 5.34. The molecule has 0 aliphatic carbocycles. The molecule has 0 saturated carbocycles. The second-order valence-corrected chi connectivity index (χ2v) is 4.38. The molecule has 0 unspecified atom stereocenters. The first-order valence-electron chi connectivity index (χ1n) is 3.85. The third-order valence-corrected chi connectivity index (χ3v) is 2.86. The Morgan fingerprint density at radius 2 is 1.94 bits per heavy atom. The number of carbonyl (C=O) groups is 1. The summed E-state index contributed by atoms with van der Waals surface area (Å²) in [5.74, 6) is -1.59. The summed E-state index contributed by atoms with van der Waals surface area (Å²) in [4.78, 5) is 10.6. The number of carbonyl (C=O) groups excluding carboxylic acids is 1. The number of hydrogen-bond acceptors (Lipinski definition) is 6. The van der Waals surface area contributed by atoms with Crippen molar-refractivity contribution in [3.8, 4) is 17.2 Å². The zero-order chi connectivity index (χ0) is 12.3. The maximum Gasteiger partial charge on any atom is 0.269 e. The van der Waals surface area contributed by atoms with Crippen molar-refractivity contribution < 1.29 is 18.3 Å². The van der Waals surface area contributed by atoms with Gasteiger partial charge in [-0.25, -0.2) is 8.42 Å². The number of ketones is 1. The Hall–Kier alpha value is -2.38. The van der Waals surface area contributed by atoms with Gasteiger partial charge in [0.05, 0.1) is 10.5 Å². The van der Waals surface area contributed by atoms with Gasteiger partial charge in [-0.05, 0) is 18.2 Å². The zero-order valence-corrected chi connectivity index (χ0v) is 8.52. The summed E-state index contributed by atoms with van der Waals surface area (Å²) in [5, 5.41) is 27.0. The number of rotatable bonds is 2. The summed E-state index contributed by atoms with van der Waals surface area (Å²) in [6, 6.07) is 3.95. The number of hydrogen-bond donors (Lipinski definition) is 1. The van der Waals surface area contributed by atoms with Gasteiger partial charge in [0.15, 0.2) is 5.40 Å². The fraction of sp³-hybridized carbons (Fsp3) is 0. The topological polar surface area (TPSA) is 119 Å². The average molecular weight is 236 g/mol. The largest absolute Gasteiger partial charge is 0.507 e. The summed E-state index contributed by atoms with van der Waals surface area (Å²) < 4.78 is 22.3. The molecule has 7 heteroatoms. The Labute approximate surface area is 90.9 Å². The van der Waals surface area contributed by atoms with E-state index in [1.807, 2.05) is 0 Å². The van der Waals surface area contributed by atoms with Gasteiger partial charge in [-0.15, -0.1) is 0 Å². The highest BCUT2D eigenvalue weighted by molar-refractivity contribution is 7.95. The molecule has 0 heterocycles. The third kappa shape index (κ3) is 2.00. The molecule has 0 aliphatic rings. The van der Waals surface area contributed by atoms with Crippen LogP contribution in [0.25, 0.3) is 0 Å². The summed E-state index contributed by atoms with van der Waals surface area (Å²) in [5.41, 5.74) is -0.446. The van der Waals surface area contributed by atoms with Gasteiger partial charge in [0, 0.05) is 0 Å². The molecule has 0 spiro atoms. The van der Waals surface area contributed by atoms with Gasteiger partial charge < -0.3 is 5.11 Å². The molecule has 0 aromatic heterocycles. The van der Waals surface area contributed by atoms with Crippen molar-refractivity contribution in [1.82, 2.24) is 0 Å². The van der Waals surface area contributed by atoms with Crippen molar-refractivity contribution in [2.24, 2.45) is 0 Å². The lowest BCUT2D eigenvalue weighted by molar-refractivity contribution is 0.105. The molecule has 6 nitrogen and oxygen atoms in total. The summed E-state index contributed by atoms with van der Waals surface area (Å²) in [6.07, 6.45) is 0. The van der Waals surface area contributed by atoms with Crippen molar-refractivity contribution >= 4 is 15.6 Å². The molecule has 0 radical (unpaired) electrons. The van der Waals surface area contributed by atoms with E-state index < -0.39 is 31.8 Å². The summed E-state index contributed by atoms with van der Waals surface area (Å²) in [6.45, 7) is 0. The van der Waals surface area contributed by atoms with Crippen LogP contribution in [0.4, 0.5) is 0 Å². The van der Waals surface area contributed by atoms with E-state index in [4.69, 9.17) is 10.5 Å². The number of nitriles is 2. The molecule has 1 aromatic carbocycles. The summed E-state index contributed by atoms with van der Waals surface area (Å²) in [7, 11) is -4.15. The Bertz CT molecular complexity index is 634. The first kappa shape index (κ1) is 11.7. The van der Waals surface area contributed by atoms with E-state index in [-0.39, 0.29) is 0 Å². The summed E-state index contributed by atoms with van der Waals surface area (Å²) >= 11 is 0. The van der Waals surface area contributed by atoms with Crippen molar-refractivity contribution in [2.45, 2.75) is 4.90 Å². The van der Waals surface area contributed by atoms with Crippen LogP contribution in [0, 0.1) is 22.0 Å². The predicted molar refractivity (Wildman–Crippen MR) is 50.8 cm³/mol. The minimum Gasteiger partial charge on any atom is -0.507 e. The molecular formula is C9H4N2O4S. The molecule has 1 rings (SSSR count). The van der Waals surface area contributed by atoms with Crippen LogP contribution in [0.5, 0.6) is 5.75 Å². The highest BCUT2D eigenvalue weighted by Crippen LogP contribution is 2.22. The van der Waals surface area contributed by atoms with E-state index >= 15 is 0 Å². The number of nitrogens with zero attached hydrogens (tertiary/aromatic N) is 2. The number of Topliss-reactive ketones (excluding diaryl/α,β-unsaturated/α-hetero) is 1. The van der Waals surface area contributed by atoms with Crippen LogP contribution < -0.4 is 0 Å². The Balaban J connectivity index is 3.49. The number of phenols is 1. The molecule has 0 atom stereocenters. The average Bonchev–Trinajstić information content (AvgIpc) is 2.28. The van der Waals surface area contributed by atoms with Gasteiger partial charge in [-0.2, -0.15) is 10.5 Å². The van der Waals surface area contributed by atoms with Gasteiger partial charge in [-0.3, -0.25) is 4.79 Å². The van der Waals surface area contributed by atoms with Gasteiger partial charge in [0.1, 0.15) is 11.8 Å². The first-order chi connectivity index (χ1) is 7.42. The molecule has 16 heavy (non-hydrogen) atoms. The van der Waals surface area contributed by atoms with Crippen LogP contribution in [-0.4, -0.2) is 19.3 Å². The molecule has 0 saturated heterocycles. The molecule has 0 aliphatic heterocycles. The smallest absolute Gasteiger partial charge is 0.269 e. The molecular weight excluding hydrogens is 232 g/mol. The molecule has 80 valence electrons. The highest BCUT2D eigenvalue weighted by Gasteiger charge is 2.18. The van der Waals surface area contributed by atoms with Crippen LogP contribution in [0.1, 0.15) is 10.4 Å². The van der Waals surface area contributed by atoms with Crippen LogP contribution in [-0.2, 0) is 9.84 Å². The predicted octanol–water partition coefficient (Wildman–Crippen LogP) is 0.353. The number of benzene rings is 1. The fourth-order valence-electron chi connectivity index (χ4n) is 0.977. The molecule has 1 aromatic rings. The van der Waals surface area contributed by atoms with E-state index in [1.54, 1.807) is 0 Å². The lowest BCUT2D eigenvalue weighted by atomic mass is 10.1. The van der Waals surface area contributed by atoms with Gasteiger partial charge in [-0.1, -0.05) is 0 Å². The number of sulfone groups is 1. The molecule has 1 N–H and O–H groups in total. The van der Waals surface area contributed by atoms with Crippen molar-refractivity contribution in [2.75, 3.05) is 0 Å². The maximum atomic E-state index is 11.1. The maximum absolute atomic E-state index is 11.1. The van der Waals surface area contributed by atoms with Crippen molar-refractivity contribution in [3.63, 3.8) is 0 Å². The van der Waals surface area contributed by atoms with E-state index in [1.165, 1.54) is 6.07 Å². The van der Waals surface area contributed by atoms with Crippen LogP contribution in [0.2, 0.25) is 0 Å². The van der Waals surface area contributed by atoms with Gasteiger partial charge in [0.2, 0.25) is 0 Å². The Morgan fingerprint density at radius 1 is 1.31 bits per heavy atom. The van der Waals surface area contributed by atoms with Gasteiger partial charge in [0.25, 0.3) is 15.6 Å². The lowest BCUT2D eigenvalue weighted by Gasteiger charge is -2.00. The zero-order valence-electron chi connectivity index (χ0n) is 7.71. The van der Waals surface area contributed by atoms with Crippen LogP contribution >= 0.6 is 0 Å². The van der Waals surface area contributed by atoms with E-state index in [9.17, 15) is 18.3 Å². The number of phenolic OH excluding ortho intramolecular Hbond substituents is 1. The molecule has 0 fully saturated rings. The van der Waals surface area contributed by atoms with Crippen LogP contribution in [0.15, 0.2) is 23.1 Å². The lowest BCUT2D eigenvalue weighted by Crippen LogP contribution is -2.01. The quantitative estimate of drug-likeness (QED) is 0.342. The van der Waals surface area contributed by atoms with Gasteiger partial charge >= 0.3 is 0 Å². The monoisotopic (exact) mass is 236 g/mol. The van der Waals surface area contributed by atoms with E-state index in [0.717, 1.165) is 23.6 Å². The highest BCUT2D eigenvalue weighted by atomic mass is 32.2. The van der Waals surface area contributed by atoms with E-state index in [2.05, 4.69) is 0 Å². The molecule has 0 bridgehead atoms. The third-order valence-electron chi connectivity index (χ3n) is 1.74. The Morgan fingerprint density at radius 3 is 2.44 bits per heavy atom. The normalized spacial score (nSPS) is 10.1. The Kier molecular flexibility index (Phi) is 2.93. The van der Waals surface area contributed by atoms with Crippen molar-refractivity contribution in [1.29, 1.82) is 10.5 Å². The van der Waals surface area contributed by atoms with Crippen molar-refractivity contribution in [3.05, 3.63) is 23.8 Å². The minimum absolute atomic E-state index is 0.439. The molecule has 0 amide bonds. The van der Waals surface area contributed by atoms with Crippen LogP contribution in [0.3, 0.4) is 0 Å².